The van der Waals surface area contributed by atoms with Crippen LogP contribution in [-0.2, 0) is 6.54 Å². The average Bonchev–Trinajstić information content (AvgIpc) is 3.10. The van der Waals surface area contributed by atoms with E-state index in [2.05, 4.69) is 58.1 Å². The topological polar surface area (TPSA) is 24.9 Å². The molecule has 0 aliphatic heterocycles. The molecule has 1 N–H and O–H groups in total. The third-order valence-corrected chi connectivity index (χ3v) is 5.17. The minimum absolute atomic E-state index is 0.773. The lowest BCUT2D eigenvalue weighted by atomic mass is 10.2. The minimum Gasteiger partial charge on any atom is -0.379 e. The summed E-state index contributed by atoms with van der Waals surface area (Å²) in [5.41, 5.74) is 2.23. The number of hydrogen-bond acceptors (Lipinski definition) is 4. The largest absolute Gasteiger partial charge is 0.379 e. The van der Waals surface area contributed by atoms with Gasteiger partial charge in [-0.05, 0) is 47.2 Å². The molecule has 0 radical (unpaired) electrons. The lowest BCUT2D eigenvalue weighted by Crippen LogP contribution is -1.98. The van der Waals surface area contributed by atoms with E-state index in [0.717, 1.165) is 22.8 Å². The number of hydrogen-bond donors (Lipinski definition) is 1. The molecule has 20 heavy (non-hydrogen) atoms. The van der Waals surface area contributed by atoms with Crippen LogP contribution in [0.15, 0.2) is 53.9 Å². The van der Waals surface area contributed by atoms with Crippen molar-refractivity contribution in [2.24, 2.45) is 0 Å². The monoisotopic (exact) mass is 296 g/mol. The van der Waals surface area contributed by atoms with Crippen LogP contribution in [0, 0.1) is 0 Å². The van der Waals surface area contributed by atoms with Gasteiger partial charge in [0.25, 0.3) is 0 Å². The van der Waals surface area contributed by atoms with Gasteiger partial charge in [-0.2, -0.15) is 0 Å². The molecule has 98 valence electrons. The smallest absolute Gasteiger partial charge is 0.113 e. The number of para-hydroxylation sites is 1. The van der Waals surface area contributed by atoms with Gasteiger partial charge in [-0.15, -0.1) is 22.7 Å². The maximum absolute atomic E-state index is 4.64. The number of thiophene rings is 1. The number of nitrogens with one attached hydrogen (secondary N) is 1. The summed E-state index contributed by atoms with van der Waals surface area (Å²) in [7, 11) is 0. The number of aromatic nitrogens is 1. The molecule has 0 spiro atoms. The van der Waals surface area contributed by atoms with E-state index in [1.807, 2.05) is 6.07 Å². The normalized spacial score (nSPS) is 11.2. The van der Waals surface area contributed by atoms with Gasteiger partial charge in [0.1, 0.15) is 5.01 Å². The second-order valence-electron chi connectivity index (χ2n) is 4.60. The first kappa shape index (κ1) is 11.9. The molecule has 0 amide bonds. The van der Waals surface area contributed by atoms with Crippen molar-refractivity contribution in [3.63, 3.8) is 0 Å². The fraction of sp³-hybridized carbons (Fsp3) is 0.0625. The van der Waals surface area contributed by atoms with E-state index in [0.29, 0.717) is 0 Å². The Kier molecular flexibility index (Phi) is 2.90. The highest BCUT2D eigenvalue weighted by Gasteiger charge is 2.03. The maximum Gasteiger partial charge on any atom is 0.113 e. The molecule has 2 heterocycles. The van der Waals surface area contributed by atoms with E-state index in [4.69, 9.17) is 0 Å². The summed E-state index contributed by atoms with van der Waals surface area (Å²) in [4.78, 5) is 4.64. The fourth-order valence-electron chi connectivity index (χ4n) is 2.25. The standard InChI is InChI=1S/C16H12N2S2/c1-2-4-15-13(3-1)18-16(20-15)10-17-12-5-6-14-11(9-12)7-8-19-14/h1-9,17H,10H2. The van der Waals surface area contributed by atoms with E-state index >= 15 is 0 Å². The Hall–Kier alpha value is -1.91. The first-order valence-electron chi connectivity index (χ1n) is 6.44. The Bertz CT molecular complexity index is 841. The fourth-order valence-corrected chi connectivity index (χ4v) is 3.93. The summed E-state index contributed by atoms with van der Waals surface area (Å²) < 4.78 is 2.58. The summed E-state index contributed by atoms with van der Waals surface area (Å²) in [6.45, 7) is 0.773. The molecule has 0 saturated carbocycles. The quantitative estimate of drug-likeness (QED) is 0.567. The van der Waals surface area contributed by atoms with Gasteiger partial charge in [0.05, 0.1) is 16.8 Å². The summed E-state index contributed by atoms with van der Waals surface area (Å²) in [6.07, 6.45) is 0. The van der Waals surface area contributed by atoms with Crippen molar-refractivity contribution in [3.8, 4) is 0 Å². The van der Waals surface area contributed by atoms with Gasteiger partial charge in [0.15, 0.2) is 0 Å². The summed E-state index contributed by atoms with van der Waals surface area (Å²) in [5.74, 6) is 0. The highest BCUT2D eigenvalue weighted by atomic mass is 32.1. The van der Waals surface area contributed by atoms with Crippen LogP contribution in [0.4, 0.5) is 5.69 Å². The maximum atomic E-state index is 4.64. The van der Waals surface area contributed by atoms with Crippen molar-refractivity contribution in [1.29, 1.82) is 0 Å². The minimum atomic E-state index is 0.773. The molecule has 0 fully saturated rings. The van der Waals surface area contributed by atoms with Crippen molar-refractivity contribution in [2.45, 2.75) is 6.54 Å². The molecule has 4 rings (SSSR count). The number of thiazole rings is 1. The summed E-state index contributed by atoms with van der Waals surface area (Å²) in [5, 5.41) is 8.00. The van der Waals surface area contributed by atoms with Gasteiger partial charge in [0.2, 0.25) is 0 Å². The second-order valence-corrected chi connectivity index (χ2v) is 6.66. The number of benzene rings is 2. The predicted molar refractivity (Wildman–Crippen MR) is 88.8 cm³/mol. The van der Waals surface area contributed by atoms with Crippen LogP contribution < -0.4 is 5.32 Å². The molecule has 4 aromatic rings. The third-order valence-electron chi connectivity index (χ3n) is 3.23. The lowest BCUT2D eigenvalue weighted by Gasteiger charge is -2.03. The number of rotatable bonds is 3. The van der Waals surface area contributed by atoms with Crippen molar-refractivity contribution in [2.75, 3.05) is 5.32 Å². The predicted octanol–water partition coefficient (Wildman–Crippen LogP) is 5.12. The van der Waals surface area contributed by atoms with Crippen molar-refractivity contribution >= 4 is 48.7 Å². The average molecular weight is 296 g/mol. The Morgan fingerprint density at radius 3 is 2.90 bits per heavy atom. The molecule has 0 saturated heterocycles. The van der Waals surface area contributed by atoms with Crippen LogP contribution in [0.5, 0.6) is 0 Å². The molecule has 0 unspecified atom stereocenters. The zero-order valence-electron chi connectivity index (χ0n) is 10.7. The van der Waals surface area contributed by atoms with Crippen molar-refractivity contribution < 1.29 is 0 Å². The van der Waals surface area contributed by atoms with Gasteiger partial charge >= 0.3 is 0 Å². The van der Waals surface area contributed by atoms with Crippen LogP contribution in [-0.4, -0.2) is 4.98 Å². The molecule has 2 aromatic heterocycles. The molecule has 0 atom stereocenters. The highest BCUT2D eigenvalue weighted by Crippen LogP contribution is 2.25. The molecule has 2 nitrogen and oxygen atoms in total. The first-order valence-corrected chi connectivity index (χ1v) is 8.14. The van der Waals surface area contributed by atoms with Crippen molar-refractivity contribution in [1.82, 2.24) is 4.98 Å². The van der Waals surface area contributed by atoms with E-state index in [1.165, 1.54) is 14.8 Å². The van der Waals surface area contributed by atoms with Gasteiger partial charge in [0, 0.05) is 10.4 Å². The number of nitrogens with zero attached hydrogens (tertiary/aromatic N) is 1. The van der Waals surface area contributed by atoms with Crippen LogP contribution in [0.3, 0.4) is 0 Å². The van der Waals surface area contributed by atoms with Crippen LogP contribution in [0.1, 0.15) is 5.01 Å². The summed E-state index contributed by atoms with van der Waals surface area (Å²) in [6, 6.07) is 16.9. The second kappa shape index (κ2) is 4.89. The Morgan fingerprint density at radius 1 is 1.00 bits per heavy atom. The molecular formula is C16H12N2S2. The summed E-state index contributed by atoms with van der Waals surface area (Å²) >= 11 is 3.53. The van der Waals surface area contributed by atoms with Gasteiger partial charge in [-0.25, -0.2) is 4.98 Å². The van der Waals surface area contributed by atoms with E-state index in [-0.39, 0.29) is 0 Å². The van der Waals surface area contributed by atoms with Gasteiger partial charge in [-0.1, -0.05) is 12.1 Å². The molecule has 0 bridgehead atoms. The molecule has 2 aromatic carbocycles. The van der Waals surface area contributed by atoms with Crippen LogP contribution >= 0.6 is 22.7 Å². The van der Waals surface area contributed by atoms with E-state index in [1.54, 1.807) is 22.7 Å². The van der Waals surface area contributed by atoms with Gasteiger partial charge in [-0.3, -0.25) is 0 Å². The van der Waals surface area contributed by atoms with E-state index in [9.17, 15) is 0 Å². The Balaban J connectivity index is 1.56. The van der Waals surface area contributed by atoms with Crippen molar-refractivity contribution in [3.05, 3.63) is 58.9 Å². The molecular weight excluding hydrogens is 284 g/mol. The molecule has 4 heteroatoms. The number of fused-ring (bicyclic) bond motifs is 2. The zero-order valence-corrected chi connectivity index (χ0v) is 12.3. The van der Waals surface area contributed by atoms with Crippen LogP contribution in [0.2, 0.25) is 0 Å². The van der Waals surface area contributed by atoms with Crippen LogP contribution in [0.25, 0.3) is 20.3 Å². The molecule has 0 aliphatic rings. The highest BCUT2D eigenvalue weighted by molar-refractivity contribution is 7.18. The number of anilines is 1. The SMILES string of the molecule is c1ccc2sc(CNc3ccc4sccc4c3)nc2c1. The van der Waals surface area contributed by atoms with E-state index < -0.39 is 0 Å². The third kappa shape index (κ3) is 2.17. The molecule has 0 aliphatic carbocycles. The first-order chi connectivity index (χ1) is 9.88. The van der Waals surface area contributed by atoms with Gasteiger partial charge < -0.3 is 5.32 Å². The Morgan fingerprint density at radius 2 is 1.95 bits per heavy atom. The lowest BCUT2D eigenvalue weighted by molar-refractivity contribution is 1.12. The Labute approximate surface area is 124 Å². The zero-order chi connectivity index (χ0) is 13.4.